The first-order valence-electron chi connectivity index (χ1n) is 15.0. The molecule has 0 amide bonds. The second kappa shape index (κ2) is 10.2. The molecule has 0 aromatic carbocycles. The van der Waals surface area contributed by atoms with Gasteiger partial charge in [-0.1, -0.05) is 40.0 Å². The van der Waals surface area contributed by atoms with Gasteiger partial charge in [-0.15, -0.1) is 0 Å². The number of aliphatic hydroxyl groups excluding tert-OH is 1. The molecule has 0 bridgehead atoms. The van der Waals surface area contributed by atoms with Crippen molar-refractivity contribution in [2.45, 2.75) is 159 Å². The van der Waals surface area contributed by atoms with E-state index in [0.29, 0.717) is 17.8 Å². The average molecular weight is 523 g/mol. The molecule has 0 radical (unpaired) electrons. The van der Waals surface area contributed by atoms with Crippen molar-refractivity contribution in [3.05, 3.63) is 0 Å². The first-order chi connectivity index (χ1) is 17.8. The molecular formula is C29H46O8. The van der Waals surface area contributed by atoms with E-state index in [1.54, 1.807) is 0 Å². The lowest BCUT2D eigenvalue weighted by Crippen LogP contribution is -2.62. The van der Waals surface area contributed by atoms with E-state index in [9.17, 15) is 9.90 Å². The van der Waals surface area contributed by atoms with E-state index in [4.69, 9.17) is 28.4 Å². The van der Waals surface area contributed by atoms with E-state index >= 15 is 0 Å². The highest BCUT2D eigenvalue weighted by molar-refractivity contribution is 5.60. The molecule has 2 spiro atoms. The van der Waals surface area contributed by atoms with Crippen LogP contribution in [-0.4, -0.2) is 65.6 Å². The molecule has 2 aliphatic heterocycles. The Balaban J connectivity index is 1.22. The molecule has 37 heavy (non-hydrogen) atoms. The molecule has 4 saturated carbocycles. The van der Waals surface area contributed by atoms with Crippen LogP contribution in [0.5, 0.6) is 0 Å². The van der Waals surface area contributed by atoms with E-state index in [1.807, 2.05) is 0 Å². The third-order valence-electron chi connectivity index (χ3n) is 10.0. The lowest BCUT2D eigenvalue weighted by Gasteiger charge is -2.40. The van der Waals surface area contributed by atoms with Crippen LogP contribution in [0.15, 0.2) is 0 Å². The highest BCUT2D eigenvalue weighted by atomic mass is 16.8. The van der Waals surface area contributed by atoms with Crippen LogP contribution < -0.4 is 0 Å². The van der Waals surface area contributed by atoms with Crippen LogP contribution in [-0.2, 0) is 28.4 Å². The van der Waals surface area contributed by atoms with Gasteiger partial charge in [0.25, 0.3) is 0 Å². The molecule has 2 saturated heterocycles. The Morgan fingerprint density at radius 2 is 1.32 bits per heavy atom. The van der Waals surface area contributed by atoms with E-state index < -0.39 is 54.4 Å². The normalized spacial score (nSPS) is 44.5. The van der Waals surface area contributed by atoms with Crippen LogP contribution in [0.4, 0.5) is 4.79 Å². The molecule has 4 aliphatic carbocycles. The van der Waals surface area contributed by atoms with Crippen LogP contribution in [0.25, 0.3) is 0 Å². The Kier molecular flexibility index (Phi) is 7.27. The number of fused-ring (bicyclic) bond motifs is 3. The van der Waals surface area contributed by atoms with Gasteiger partial charge in [0, 0.05) is 25.7 Å². The first kappa shape index (κ1) is 26.3. The van der Waals surface area contributed by atoms with Gasteiger partial charge in [0.05, 0.1) is 0 Å². The molecule has 6 fully saturated rings. The molecular weight excluding hydrogens is 476 g/mol. The fraction of sp³-hybridized carbons (Fsp3) is 0.966. The second-order valence-electron chi connectivity index (χ2n) is 13.1. The molecule has 1 N–H and O–H groups in total. The summed E-state index contributed by atoms with van der Waals surface area (Å²) in [5.41, 5.74) is 0. The maximum Gasteiger partial charge on any atom is 0.509 e. The van der Waals surface area contributed by atoms with Gasteiger partial charge in [-0.05, 0) is 56.3 Å². The number of ether oxygens (including phenoxy) is 6. The van der Waals surface area contributed by atoms with Gasteiger partial charge in [-0.2, -0.15) is 0 Å². The maximum atomic E-state index is 13.2. The summed E-state index contributed by atoms with van der Waals surface area (Å²) in [5, 5.41) is 11.6. The fourth-order valence-electron chi connectivity index (χ4n) is 8.02. The number of aliphatic hydroxyl groups is 1. The van der Waals surface area contributed by atoms with E-state index in [1.165, 1.54) is 0 Å². The van der Waals surface area contributed by atoms with Gasteiger partial charge in [0.1, 0.15) is 36.6 Å². The van der Waals surface area contributed by atoms with E-state index in [2.05, 4.69) is 20.8 Å². The zero-order valence-electron chi connectivity index (χ0n) is 22.8. The summed E-state index contributed by atoms with van der Waals surface area (Å²) in [6.07, 6.45) is 7.64. The van der Waals surface area contributed by atoms with Gasteiger partial charge < -0.3 is 33.5 Å². The van der Waals surface area contributed by atoms with Crippen molar-refractivity contribution < 1.29 is 38.3 Å². The zero-order valence-corrected chi connectivity index (χ0v) is 22.8. The second-order valence-corrected chi connectivity index (χ2v) is 13.1. The average Bonchev–Trinajstić information content (AvgIpc) is 3.41. The van der Waals surface area contributed by atoms with Crippen molar-refractivity contribution in [1.29, 1.82) is 0 Å². The van der Waals surface area contributed by atoms with Crippen molar-refractivity contribution >= 4 is 6.16 Å². The Labute approximate surface area is 221 Å². The number of hydrogen-bond acceptors (Lipinski definition) is 8. The highest BCUT2D eigenvalue weighted by Crippen LogP contribution is 2.52. The number of rotatable bonds is 3. The molecule has 0 aromatic heterocycles. The van der Waals surface area contributed by atoms with Crippen LogP contribution in [0.2, 0.25) is 0 Å². The van der Waals surface area contributed by atoms with Crippen molar-refractivity contribution in [2.24, 2.45) is 17.8 Å². The van der Waals surface area contributed by atoms with Crippen LogP contribution in [0.1, 0.15) is 104 Å². The van der Waals surface area contributed by atoms with E-state index in [0.717, 1.165) is 83.5 Å². The Morgan fingerprint density at radius 1 is 0.784 bits per heavy atom. The minimum Gasteiger partial charge on any atom is -0.431 e. The Hall–Kier alpha value is -0.930. The summed E-state index contributed by atoms with van der Waals surface area (Å²) in [6.45, 7) is 6.58. The largest absolute Gasteiger partial charge is 0.509 e. The zero-order chi connectivity index (χ0) is 25.8. The molecule has 0 unspecified atom stereocenters. The van der Waals surface area contributed by atoms with Gasteiger partial charge >= 0.3 is 6.16 Å². The highest BCUT2D eigenvalue weighted by Gasteiger charge is 2.67. The standard InChI is InChI=1S/C29H46O8/c1-17(2)19-11-10-18(3)16-20(19)32-27(31)33-22-21(30)23-25(36-28(34-23)12-6-4-7-13-28)26-24(22)35-29(37-26)14-8-5-9-15-29/h17-26,30H,4-16H2,1-3H3/t18-,19-,20-,21+,22-,23+,24-,25-,26-/m1/s1. The van der Waals surface area contributed by atoms with Crippen LogP contribution >= 0.6 is 0 Å². The third-order valence-corrected chi connectivity index (χ3v) is 10.0. The molecule has 8 nitrogen and oxygen atoms in total. The lowest BCUT2D eigenvalue weighted by molar-refractivity contribution is -0.225. The minimum atomic E-state index is -1.08. The van der Waals surface area contributed by atoms with Crippen molar-refractivity contribution in [2.75, 3.05) is 0 Å². The SMILES string of the molecule is CC(C)[C@H]1CC[C@@H](C)C[C@H]1OC(=O)O[C@@H]1[C@H](O)[C@@H]2OC3(CCCCC3)O[C@H]2[C@@H]2OC3(CCCCC3)O[C@@H]21. The number of carbonyl (C=O) groups excluding carboxylic acids is 1. The van der Waals surface area contributed by atoms with Crippen molar-refractivity contribution in [3.8, 4) is 0 Å². The fourth-order valence-corrected chi connectivity index (χ4v) is 8.02. The van der Waals surface area contributed by atoms with Crippen molar-refractivity contribution in [1.82, 2.24) is 0 Å². The summed E-state index contributed by atoms with van der Waals surface area (Å²) in [4.78, 5) is 13.2. The number of carbonyl (C=O) groups is 1. The summed E-state index contributed by atoms with van der Waals surface area (Å²) >= 11 is 0. The van der Waals surface area contributed by atoms with Gasteiger partial charge in [-0.3, -0.25) is 0 Å². The third kappa shape index (κ3) is 4.94. The molecule has 6 rings (SSSR count). The molecule has 210 valence electrons. The summed E-state index contributed by atoms with van der Waals surface area (Å²) in [5.74, 6) is -0.161. The molecule has 9 atom stereocenters. The minimum absolute atomic E-state index is 0.178. The Morgan fingerprint density at radius 3 is 1.92 bits per heavy atom. The summed E-state index contributed by atoms with van der Waals surface area (Å²) in [6, 6.07) is 0. The quantitative estimate of drug-likeness (QED) is 0.504. The molecule has 0 aromatic rings. The monoisotopic (exact) mass is 522 g/mol. The van der Waals surface area contributed by atoms with Crippen molar-refractivity contribution in [3.63, 3.8) is 0 Å². The van der Waals surface area contributed by atoms with Gasteiger partial charge in [-0.25, -0.2) is 4.79 Å². The predicted octanol–water partition coefficient (Wildman–Crippen LogP) is 5.23. The van der Waals surface area contributed by atoms with Crippen LogP contribution in [0, 0.1) is 17.8 Å². The number of hydrogen-bond donors (Lipinski definition) is 1. The predicted molar refractivity (Wildman–Crippen MR) is 134 cm³/mol. The molecule has 6 aliphatic rings. The Bertz CT molecular complexity index is 819. The van der Waals surface area contributed by atoms with Gasteiger partial charge in [0.15, 0.2) is 17.7 Å². The summed E-state index contributed by atoms with van der Waals surface area (Å²) < 4.78 is 38.2. The lowest BCUT2D eigenvalue weighted by atomic mass is 9.75. The smallest absolute Gasteiger partial charge is 0.431 e. The summed E-state index contributed by atoms with van der Waals surface area (Å²) in [7, 11) is 0. The molecule has 8 heteroatoms. The maximum absolute atomic E-state index is 13.2. The topological polar surface area (TPSA) is 92.7 Å². The van der Waals surface area contributed by atoms with Crippen LogP contribution in [0.3, 0.4) is 0 Å². The van der Waals surface area contributed by atoms with Gasteiger partial charge in [0.2, 0.25) is 0 Å². The van der Waals surface area contributed by atoms with E-state index in [-0.39, 0.29) is 6.10 Å². The molecule has 2 heterocycles. The first-order valence-corrected chi connectivity index (χ1v) is 15.0.